The molecular formula is C19H22ClFN6O2. The highest BCUT2D eigenvalue weighted by Crippen LogP contribution is 2.30. The number of rotatable bonds is 5. The van der Waals surface area contributed by atoms with Crippen molar-refractivity contribution < 1.29 is 13.7 Å². The predicted molar refractivity (Wildman–Crippen MR) is 105 cm³/mol. The minimum Gasteiger partial charge on any atom is -0.341 e. The van der Waals surface area contributed by atoms with Gasteiger partial charge in [-0.05, 0) is 11.6 Å². The van der Waals surface area contributed by atoms with Gasteiger partial charge in [-0.25, -0.2) is 4.39 Å². The number of carbonyl (C=O) groups excluding carboxylic acids is 1. The second kappa shape index (κ2) is 8.71. The Morgan fingerprint density at radius 3 is 2.83 bits per heavy atom. The number of amides is 1. The monoisotopic (exact) mass is 420 g/mol. The molecule has 4 rings (SSSR count). The fourth-order valence-electron chi connectivity index (χ4n) is 3.61. The van der Waals surface area contributed by atoms with Crippen LogP contribution >= 0.6 is 12.4 Å². The molecule has 1 amide bonds. The summed E-state index contributed by atoms with van der Waals surface area (Å²) in [6.45, 7) is 2.85. The summed E-state index contributed by atoms with van der Waals surface area (Å²) in [5.74, 6) is -0.396. The molecule has 2 N–H and O–H groups in total. The van der Waals surface area contributed by atoms with Crippen LogP contribution in [0.1, 0.15) is 34.8 Å². The van der Waals surface area contributed by atoms with Crippen LogP contribution in [-0.4, -0.2) is 38.9 Å². The summed E-state index contributed by atoms with van der Waals surface area (Å²) in [6, 6.07) is 5.42. The van der Waals surface area contributed by atoms with E-state index >= 15 is 0 Å². The van der Waals surface area contributed by atoms with Gasteiger partial charge < -0.3 is 15.2 Å². The Kier molecular flexibility index (Phi) is 6.29. The van der Waals surface area contributed by atoms with Crippen LogP contribution in [-0.2, 0) is 11.8 Å². The van der Waals surface area contributed by atoms with Crippen LogP contribution < -0.4 is 10.6 Å². The zero-order chi connectivity index (χ0) is 19.7. The van der Waals surface area contributed by atoms with E-state index in [1.54, 1.807) is 36.0 Å². The van der Waals surface area contributed by atoms with Gasteiger partial charge in [0.25, 0.3) is 0 Å². The molecule has 3 aromatic rings. The standard InChI is InChI=1S/C19H21FN6O2.ClH/c1-11-23-18(25-28-11)17(13-5-3-4-6-16(13)20)24-19(27)15-9-21-8-14(15)12-7-22-26(2)10-12;/h3-7,10,14-15,17,21H,8-9H2,1-2H3,(H,24,27);1H/t14-,15+,17?;/m1./s1. The van der Waals surface area contributed by atoms with E-state index in [0.717, 1.165) is 5.56 Å². The van der Waals surface area contributed by atoms with Crippen LogP contribution in [0.4, 0.5) is 4.39 Å². The Hall–Kier alpha value is -2.78. The van der Waals surface area contributed by atoms with Gasteiger partial charge in [0.2, 0.25) is 11.8 Å². The molecule has 0 spiro atoms. The highest BCUT2D eigenvalue weighted by molar-refractivity contribution is 5.85. The smallest absolute Gasteiger partial charge is 0.225 e. The maximum absolute atomic E-state index is 14.4. The third-order valence-electron chi connectivity index (χ3n) is 5.01. The Balaban J connectivity index is 0.00000240. The third-order valence-corrected chi connectivity index (χ3v) is 5.01. The molecule has 2 aromatic heterocycles. The van der Waals surface area contributed by atoms with Crippen molar-refractivity contribution in [1.82, 2.24) is 30.6 Å². The second-order valence-electron chi connectivity index (χ2n) is 6.95. The van der Waals surface area contributed by atoms with Crippen LogP contribution in [0.2, 0.25) is 0 Å². The number of benzene rings is 1. The minimum absolute atomic E-state index is 0. The number of aryl methyl sites for hydroxylation is 2. The third kappa shape index (κ3) is 4.30. The van der Waals surface area contributed by atoms with E-state index in [0.29, 0.717) is 24.5 Å². The zero-order valence-electron chi connectivity index (χ0n) is 16.0. The van der Waals surface area contributed by atoms with Crippen molar-refractivity contribution in [2.24, 2.45) is 13.0 Å². The molecule has 1 saturated heterocycles. The average Bonchev–Trinajstić information content (AvgIpc) is 3.40. The van der Waals surface area contributed by atoms with Crippen molar-refractivity contribution in [3.63, 3.8) is 0 Å². The Morgan fingerprint density at radius 2 is 2.17 bits per heavy atom. The van der Waals surface area contributed by atoms with Crippen LogP contribution in [0.15, 0.2) is 41.2 Å². The highest BCUT2D eigenvalue weighted by Gasteiger charge is 2.36. The molecular weight excluding hydrogens is 399 g/mol. The molecule has 8 nitrogen and oxygen atoms in total. The molecule has 3 heterocycles. The number of halogens is 2. The lowest BCUT2D eigenvalue weighted by atomic mass is 9.89. The highest BCUT2D eigenvalue weighted by atomic mass is 35.5. The van der Waals surface area contributed by atoms with E-state index in [1.165, 1.54) is 6.07 Å². The van der Waals surface area contributed by atoms with Gasteiger partial charge in [0.15, 0.2) is 5.82 Å². The molecule has 1 fully saturated rings. The van der Waals surface area contributed by atoms with Crippen molar-refractivity contribution in [2.75, 3.05) is 13.1 Å². The Bertz CT molecular complexity index is 991. The molecule has 154 valence electrons. The van der Waals surface area contributed by atoms with Gasteiger partial charge in [-0.15, -0.1) is 12.4 Å². The van der Waals surface area contributed by atoms with Gasteiger partial charge in [-0.1, -0.05) is 23.4 Å². The van der Waals surface area contributed by atoms with E-state index in [4.69, 9.17) is 4.52 Å². The first-order chi connectivity index (χ1) is 13.5. The van der Waals surface area contributed by atoms with Crippen molar-refractivity contribution in [3.05, 3.63) is 65.3 Å². The molecule has 0 radical (unpaired) electrons. The fraction of sp³-hybridized carbons (Fsp3) is 0.368. The van der Waals surface area contributed by atoms with Gasteiger partial charge in [0, 0.05) is 44.7 Å². The lowest BCUT2D eigenvalue weighted by molar-refractivity contribution is -0.125. The van der Waals surface area contributed by atoms with E-state index < -0.39 is 11.9 Å². The number of aromatic nitrogens is 4. The van der Waals surface area contributed by atoms with Gasteiger partial charge in [-0.2, -0.15) is 10.1 Å². The molecule has 0 bridgehead atoms. The first-order valence-corrected chi connectivity index (χ1v) is 9.07. The Labute approximate surface area is 173 Å². The summed E-state index contributed by atoms with van der Waals surface area (Å²) in [5, 5.41) is 14.3. The van der Waals surface area contributed by atoms with Crippen LogP contribution in [0.5, 0.6) is 0 Å². The largest absolute Gasteiger partial charge is 0.341 e. The van der Waals surface area contributed by atoms with Crippen molar-refractivity contribution in [1.29, 1.82) is 0 Å². The molecule has 1 aliphatic rings. The zero-order valence-corrected chi connectivity index (χ0v) is 16.8. The van der Waals surface area contributed by atoms with Gasteiger partial charge >= 0.3 is 0 Å². The van der Waals surface area contributed by atoms with E-state index in [9.17, 15) is 9.18 Å². The molecule has 29 heavy (non-hydrogen) atoms. The van der Waals surface area contributed by atoms with Crippen LogP contribution in [0, 0.1) is 18.7 Å². The molecule has 1 aliphatic heterocycles. The molecule has 1 unspecified atom stereocenters. The van der Waals surface area contributed by atoms with Gasteiger partial charge in [0.1, 0.15) is 11.9 Å². The number of hydrogen-bond donors (Lipinski definition) is 2. The Morgan fingerprint density at radius 1 is 1.38 bits per heavy atom. The van der Waals surface area contributed by atoms with Crippen molar-refractivity contribution >= 4 is 18.3 Å². The SMILES string of the molecule is Cc1nc(C(NC(=O)[C@H]2CNC[C@@H]2c2cnn(C)c2)c2ccccc2F)no1.Cl. The first-order valence-electron chi connectivity index (χ1n) is 9.07. The van der Waals surface area contributed by atoms with E-state index in [1.807, 2.05) is 13.2 Å². The molecule has 0 aliphatic carbocycles. The minimum atomic E-state index is -0.832. The van der Waals surface area contributed by atoms with Crippen molar-refractivity contribution in [2.45, 2.75) is 18.9 Å². The maximum atomic E-state index is 14.4. The number of hydrogen-bond acceptors (Lipinski definition) is 6. The number of nitrogens with zero attached hydrogens (tertiary/aromatic N) is 4. The lowest BCUT2D eigenvalue weighted by Crippen LogP contribution is -2.38. The average molecular weight is 421 g/mol. The molecule has 3 atom stereocenters. The molecule has 10 heteroatoms. The van der Waals surface area contributed by atoms with Crippen LogP contribution in [0.3, 0.4) is 0 Å². The van der Waals surface area contributed by atoms with Gasteiger partial charge in [-0.3, -0.25) is 9.48 Å². The topological polar surface area (TPSA) is 97.9 Å². The van der Waals surface area contributed by atoms with Crippen molar-refractivity contribution in [3.8, 4) is 0 Å². The maximum Gasteiger partial charge on any atom is 0.225 e. The quantitative estimate of drug-likeness (QED) is 0.654. The summed E-state index contributed by atoms with van der Waals surface area (Å²) in [7, 11) is 1.84. The van der Waals surface area contributed by atoms with Gasteiger partial charge in [0.05, 0.1) is 12.1 Å². The van der Waals surface area contributed by atoms with E-state index in [2.05, 4.69) is 25.9 Å². The summed E-state index contributed by atoms with van der Waals surface area (Å²) in [5.41, 5.74) is 1.28. The summed E-state index contributed by atoms with van der Waals surface area (Å²) in [4.78, 5) is 17.3. The summed E-state index contributed by atoms with van der Waals surface area (Å²) in [6.07, 6.45) is 3.68. The summed E-state index contributed by atoms with van der Waals surface area (Å²) >= 11 is 0. The lowest BCUT2D eigenvalue weighted by Gasteiger charge is -2.22. The first kappa shape index (κ1) is 20.9. The van der Waals surface area contributed by atoms with Crippen LogP contribution in [0.25, 0.3) is 0 Å². The summed E-state index contributed by atoms with van der Waals surface area (Å²) < 4.78 is 21.2. The van der Waals surface area contributed by atoms with E-state index in [-0.39, 0.29) is 36.0 Å². The fourth-order valence-corrected chi connectivity index (χ4v) is 3.61. The predicted octanol–water partition coefficient (Wildman–Crippen LogP) is 1.88. The number of nitrogens with one attached hydrogen (secondary N) is 2. The number of carbonyl (C=O) groups is 1. The normalized spacial score (nSPS) is 19.6. The molecule has 0 saturated carbocycles. The molecule has 1 aromatic carbocycles. The second-order valence-corrected chi connectivity index (χ2v) is 6.95.